The van der Waals surface area contributed by atoms with Crippen LogP contribution >= 0.6 is 11.6 Å². The average Bonchev–Trinajstić information content (AvgIpc) is 3.28. The molecular formula is C18H25ClN2O3S. The molecular weight excluding hydrogens is 360 g/mol. The van der Waals surface area contributed by atoms with Gasteiger partial charge in [0.15, 0.2) is 0 Å². The molecule has 7 heteroatoms. The van der Waals surface area contributed by atoms with Gasteiger partial charge >= 0.3 is 0 Å². The fourth-order valence-corrected chi connectivity index (χ4v) is 5.52. The van der Waals surface area contributed by atoms with Crippen molar-refractivity contribution in [1.82, 2.24) is 9.21 Å². The van der Waals surface area contributed by atoms with E-state index in [4.69, 9.17) is 11.6 Å². The number of nitrogens with zero attached hydrogens (tertiary/aromatic N) is 2. The maximum absolute atomic E-state index is 12.8. The number of hydrogen-bond donors (Lipinski definition) is 0. The van der Waals surface area contributed by atoms with Crippen molar-refractivity contribution in [3.8, 4) is 0 Å². The number of rotatable bonds is 5. The Morgan fingerprint density at radius 1 is 1.20 bits per heavy atom. The van der Waals surface area contributed by atoms with Gasteiger partial charge in [0, 0.05) is 26.7 Å². The van der Waals surface area contributed by atoms with Crippen LogP contribution in [0.4, 0.5) is 0 Å². The summed E-state index contributed by atoms with van der Waals surface area (Å²) in [6.07, 6.45) is 6.49. The van der Waals surface area contributed by atoms with Crippen molar-refractivity contribution < 1.29 is 13.2 Å². The lowest BCUT2D eigenvalue weighted by Gasteiger charge is -2.22. The van der Waals surface area contributed by atoms with Crippen LogP contribution in [0.3, 0.4) is 0 Å². The molecule has 1 aliphatic heterocycles. The Balaban J connectivity index is 1.82. The molecule has 1 aromatic rings. The van der Waals surface area contributed by atoms with E-state index in [9.17, 15) is 13.2 Å². The van der Waals surface area contributed by atoms with Gasteiger partial charge < -0.3 is 4.90 Å². The molecule has 138 valence electrons. The zero-order valence-electron chi connectivity index (χ0n) is 14.6. The summed E-state index contributed by atoms with van der Waals surface area (Å²) in [5, 5.41) is 0.295. The highest BCUT2D eigenvalue weighted by Gasteiger charge is 2.29. The lowest BCUT2D eigenvalue weighted by molar-refractivity contribution is 0.0773. The first-order valence-electron chi connectivity index (χ1n) is 8.95. The maximum atomic E-state index is 12.8. The summed E-state index contributed by atoms with van der Waals surface area (Å²) in [6.45, 7) is 1.77. The minimum absolute atomic E-state index is 0.149. The summed E-state index contributed by atoms with van der Waals surface area (Å²) >= 11 is 6.21. The normalized spacial score (nSPS) is 19.4. The van der Waals surface area contributed by atoms with Gasteiger partial charge in [-0.25, -0.2) is 8.42 Å². The van der Waals surface area contributed by atoms with Crippen molar-refractivity contribution in [2.45, 2.75) is 43.4 Å². The Kier molecular flexibility index (Phi) is 5.71. The first-order valence-corrected chi connectivity index (χ1v) is 10.8. The Hall–Kier alpha value is -1.11. The molecule has 3 rings (SSSR count). The average molecular weight is 385 g/mol. The summed E-state index contributed by atoms with van der Waals surface area (Å²) in [7, 11) is -1.79. The number of hydrogen-bond acceptors (Lipinski definition) is 3. The zero-order chi connectivity index (χ0) is 18.0. The van der Waals surface area contributed by atoms with Gasteiger partial charge in [0.25, 0.3) is 5.91 Å². The third-order valence-electron chi connectivity index (χ3n) is 5.22. The first-order chi connectivity index (χ1) is 11.9. The second-order valence-electron chi connectivity index (χ2n) is 7.09. The fraction of sp³-hybridized carbons (Fsp3) is 0.611. The van der Waals surface area contributed by atoms with Gasteiger partial charge in [-0.15, -0.1) is 0 Å². The third-order valence-corrected chi connectivity index (χ3v) is 7.45. The molecule has 2 aliphatic rings. The predicted octanol–water partition coefficient (Wildman–Crippen LogP) is 3.39. The molecule has 0 bridgehead atoms. The molecule has 1 amide bonds. The predicted molar refractivity (Wildman–Crippen MR) is 98.4 cm³/mol. The zero-order valence-corrected chi connectivity index (χ0v) is 16.2. The van der Waals surface area contributed by atoms with E-state index in [1.807, 2.05) is 0 Å². The van der Waals surface area contributed by atoms with Crippen molar-refractivity contribution in [1.29, 1.82) is 0 Å². The molecule has 2 fully saturated rings. The largest absolute Gasteiger partial charge is 0.341 e. The molecule has 0 atom stereocenters. The molecule has 1 aromatic carbocycles. The standard InChI is InChI=1S/C18H25ClN2O3S/c1-20(13-14-6-2-3-7-14)18(22)16-12-15(8-9-17(16)19)25(23,24)21-10-4-5-11-21/h8-9,12,14H,2-7,10-11,13H2,1H3. The number of halogens is 1. The van der Waals surface area contributed by atoms with E-state index in [2.05, 4.69) is 0 Å². The van der Waals surface area contributed by atoms with Crippen molar-refractivity contribution in [2.24, 2.45) is 5.92 Å². The van der Waals surface area contributed by atoms with E-state index >= 15 is 0 Å². The highest BCUT2D eigenvalue weighted by molar-refractivity contribution is 7.89. The Labute approximate surface area is 155 Å². The second-order valence-corrected chi connectivity index (χ2v) is 9.43. The summed E-state index contributed by atoms with van der Waals surface area (Å²) < 4.78 is 26.9. The van der Waals surface area contributed by atoms with Gasteiger partial charge in [-0.3, -0.25) is 4.79 Å². The first kappa shape index (κ1) is 18.7. The number of sulfonamides is 1. The molecule has 0 aromatic heterocycles. The third kappa shape index (κ3) is 4.01. The maximum Gasteiger partial charge on any atom is 0.255 e. The summed E-state index contributed by atoms with van der Waals surface area (Å²) in [4.78, 5) is 14.6. The molecule has 1 aliphatic carbocycles. The van der Waals surface area contributed by atoms with E-state index in [0.29, 0.717) is 30.6 Å². The van der Waals surface area contributed by atoms with Crippen LogP contribution in [0.5, 0.6) is 0 Å². The quantitative estimate of drug-likeness (QED) is 0.781. The van der Waals surface area contributed by atoms with E-state index < -0.39 is 10.0 Å². The van der Waals surface area contributed by atoms with E-state index in [-0.39, 0.29) is 16.4 Å². The monoisotopic (exact) mass is 384 g/mol. The van der Waals surface area contributed by atoms with Crippen LogP contribution < -0.4 is 0 Å². The Bertz CT molecular complexity index is 739. The summed E-state index contributed by atoms with van der Waals surface area (Å²) in [6, 6.07) is 4.44. The number of carbonyl (C=O) groups is 1. The Morgan fingerprint density at radius 2 is 1.84 bits per heavy atom. The summed E-state index contributed by atoms with van der Waals surface area (Å²) in [5.41, 5.74) is 0.266. The van der Waals surface area contributed by atoms with Gasteiger partial charge in [-0.05, 0) is 49.8 Å². The number of carbonyl (C=O) groups excluding carboxylic acids is 1. The van der Waals surface area contributed by atoms with Crippen LogP contribution in [0.15, 0.2) is 23.1 Å². The Morgan fingerprint density at radius 3 is 2.48 bits per heavy atom. The van der Waals surface area contributed by atoms with Gasteiger partial charge in [-0.2, -0.15) is 4.31 Å². The van der Waals surface area contributed by atoms with Gasteiger partial charge in [0.2, 0.25) is 10.0 Å². The van der Waals surface area contributed by atoms with Gasteiger partial charge in [0.05, 0.1) is 15.5 Å². The lowest BCUT2D eigenvalue weighted by Crippen LogP contribution is -2.32. The van der Waals surface area contributed by atoms with Gasteiger partial charge in [-0.1, -0.05) is 24.4 Å². The number of benzene rings is 1. The minimum Gasteiger partial charge on any atom is -0.341 e. The van der Waals surface area contributed by atoms with Crippen molar-refractivity contribution >= 4 is 27.5 Å². The molecule has 1 saturated carbocycles. The van der Waals surface area contributed by atoms with Crippen LogP contribution in [-0.4, -0.2) is 50.2 Å². The van der Waals surface area contributed by atoms with Crippen LogP contribution in [-0.2, 0) is 10.0 Å². The lowest BCUT2D eigenvalue weighted by atomic mass is 10.1. The molecule has 1 saturated heterocycles. The highest BCUT2D eigenvalue weighted by Crippen LogP contribution is 2.28. The van der Waals surface area contributed by atoms with Gasteiger partial charge in [0.1, 0.15) is 0 Å². The van der Waals surface area contributed by atoms with E-state index in [1.165, 1.54) is 35.3 Å². The van der Waals surface area contributed by atoms with Crippen LogP contribution in [0.25, 0.3) is 0 Å². The summed E-state index contributed by atoms with van der Waals surface area (Å²) in [5.74, 6) is 0.319. The number of amides is 1. The molecule has 0 radical (unpaired) electrons. The second kappa shape index (κ2) is 7.64. The van der Waals surface area contributed by atoms with Crippen LogP contribution in [0.1, 0.15) is 48.9 Å². The SMILES string of the molecule is CN(CC1CCCC1)C(=O)c1cc(S(=O)(=O)N2CCCC2)ccc1Cl. The van der Waals surface area contributed by atoms with Crippen molar-refractivity contribution in [3.63, 3.8) is 0 Å². The molecule has 0 N–H and O–H groups in total. The molecule has 5 nitrogen and oxygen atoms in total. The van der Waals surface area contributed by atoms with Crippen LogP contribution in [0.2, 0.25) is 5.02 Å². The van der Waals surface area contributed by atoms with E-state index in [0.717, 1.165) is 25.7 Å². The van der Waals surface area contributed by atoms with Crippen molar-refractivity contribution in [3.05, 3.63) is 28.8 Å². The van der Waals surface area contributed by atoms with E-state index in [1.54, 1.807) is 11.9 Å². The van der Waals surface area contributed by atoms with Crippen LogP contribution in [0, 0.1) is 5.92 Å². The molecule has 0 unspecified atom stereocenters. The minimum atomic E-state index is -3.56. The topological polar surface area (TPSA) is 57.7 Å². The molecule has 1 heterocycles. The van der Waals surface area contributed by atoms with Crippen molar-refractivity contribution in [2.75, 3.05) is 26.7 Å². The molecule has 0 spiro atoms. The molecule has 25 heavy (non-hydrogen) atoms. The smallest absolute Gasteiger partial charge is 0.255 e. The highest BCUT2D eigenvalue weighted by atomic mass is 35.5. The fourth-order valence-electron chi connectivity index (χ4n) is 3.78.